The van der Waals surface area contributed by atoms with Crippen LogP contribution in [0.4, 0.5) is 0 Å². The van der Waals surface area contributed by atoms with Gasteiger partial charge in [-0.1, -0.05) is 52.5 Å². The van der Waals surface area contributed by atoms with E-state index in [0.29, 0.717) is 0 Å². The zero-order valence-corrected chi connectivity index (χ0v) is 17.8. The fourth-order valence-corrected chi connectivity index (χ4v) is 8.59. The molecule has 0 radical (unpaired) electrons. The molecule has 27 heavy (non-hydrogen) atoms. The summed E-state index contributed by atoms with van der Waals surface area (Å²) in [4.78, 5) is 27.9. The van der Waals surface area contributed by atoms with E-state index >= 15 is 0 Å². The third-order valence-corrected chi connectivity index (χ3v) is 10.8. The molecule has 5 aliphatic rings. The fourth-order valence-electron chi connectivity index (χ4n) is 5.52. The van der Waals surface area contributed by atoms with Crippen molar-refractivity contribution in [1.29, 1.82) is 0 Å². The first kappa shape index (κ1) is 19.3. The molecule has 0 spiro atoms. The Labute approximate surface area is 184 Å². The summed E-state index contributed by atoms with van der Waals surface area (Å²) in [6.07, 6.45) is -0.0192. The van der Waals surface area contributed by atoms with E-state index in [-0.39, 0.29) is 16.7 Å². The molecular weight excluding hydrogens is 483 g/mol. The molecular formula is C16H11Cl6NO4. The van der Waals surface area contributed by atoms with Crippen LogP contribution >= 0.6 is 69.6 Å². The standard InChI is InChI=1S/C16H11Cl6NO4/c1-2-3-26-23-12(24)4-5(13(23)25)9-7-6(8(4)27-9)14(19)10(17)11(18)15(7,20)16(14,21)22/h2,4-9H,1,3H2/t4-,5-,6+,7+,8+,9+,14-,15-/m1/s1. The van der Waals surface area contributed by atoms with Crippen LogP contribution < -0.4 is 0 Å². The highest BCUT2D eigenvalue weighted by molar-refractivity contribution is 6.65. The molecule has 5 nitrogen and oxygen atoms in total. The van der Waals surface area contributed by atoms with Crippen molar-refractivity contribution in [2.75, 3.05) is 6.61 Å². The van der Waals surface area contributed by atoms with Gasteiger partial charge in [-0.2, -0.15) is 5.06 Å². The number of ether oxygens (including phenoxy) is 1. The summed E-state index contributed by atoms with van der Waals surface area (Å²) < 4.78 is 4.30. The topological polar surface area (TPSA) is 55.8 Å². The number of imide groups is 1. The molecule has 3 heterocycles. The SMILES string of the molecule is C=CCON1C(=O)[C@H]2[C@@H]3O[C@@H]([C@@H]2C1=O)[C@@H]1[C@@H]3[C@@]2(Cl)C(Cl)=C(Cl)[C@@]1(Cl)C2(Cl)Cl. The molecule has 0 aromatic carbocycles. The largest absolute Gasteiger partial charge is 0.373 e. The average molecular weight is 494 g/mol. The fraction of sp³-hybridized carbons (Fsp3) is 0.625. The van der Waals surface area contributed by atoms with Gasteiger partial charge in [0.05, 0.1) is 40.7 Å². The second-order valence-electron chi connectivity index (χ2n) is 7.35. The molecule has 4 bridgehead atoms. The van der Waals surface area contributed by atoms with Crippen LogP contribution in [0.15, 0.2) is 22.7 Å². The monoisotopic (exact) mass is 491 g/mol. The molecule has 0 unspecified atom stereocenters. The maximum Gasteiger partial charge on any atom is 0.260 e. The lowest BCUT2D eigenvalue weighted by molar-refractivity contribution is -0.189. The molecule has 0 aromatic rings. The van der Waals surface area contributed by atoms with Crippen LogP contribution in [0, 0.1) is 23.7 Å². The molecule has 2 aliphatic carbocycles. The minimum atomic E-state index is -1.73. The van der Waals surface area contributed by atoms with Crippen molar-refractivity contribution < 1.29 is 19.2 Å². The lowest BCUT2D eigenvalue weighted by Gasteiger charge is -2.39. The van der Waals surface area contributed by atoms with E-state index in [9.17, 15) is 9.59 Å². The van der Waals surface area contributed by atoms with Gasteiger partial charge in [0.1, 0.15) is 9.75 Å². The Morgan fingerprint density at radius 1 is 1.00 bits per heavy atom. The van der Waals surface area contributed by atoms with Gasteiger partial charge in [0.25, 0.3) is 11.8 Å². The number of hydrogen-bond acceptors (Lipinski definition) is 4. The van der Waals surface area contributed by atoms with E-state index in [2.05, 4.69) is 6.58 Å². The Morgan fingerprint density at radius 2 is 1.44 bits per heavy atom. The molecule has 4 fully saturated rings. The highest BCUT2D eigenvalue weighted by Gasteiger charge is 2.90. The van der Waals surface area contributed by atoms with E-state index in [0.717, 1.165) is 5.06 Å². The van der Waals surface area contributed by atoms with Gasteiger partial charge in [-0.05, 0) is 0 Å². The van der Waals surface area contributed by atoms with Gasteiger partial charge in [0.2, 0.25) is 0 Å². The quantitative estimate of drug-likeness (QED) is 0.343. The smallest absolute Gasteiger partial charge is 0.260 e. The van der Waals surface area contributed by atoms with E-state index in [1.807, 2.05) is 0 Å². The molecule has 3 aliphatic heterocycles. The molecule has 11 heteroatoms. The summed E-state index contributed by atoms with van der Waals surface area (Å²) in [6.45, 7) is 3.53. The van der Waals surface area contributed by atoms with E-state index in [1.165, 1.54) is 6.08 Å². The summed E-state index contributed by atoms with van der Waals surface area (Å²) in [5.74, 6) is -3.68. The van der Waals surface area contributed by atoms with Crippen LogP contribution in [-0.4, -0.2) is 49.8 Å². The first-order valence-corrected chi connectivity index (χ1v) is 10.4. The Hall–Kier alpha value is 0.280. The van der Waals surface area contributed by atoms with Gasteiger partial charge in [-0.25, -0.2) is 0 Å². The van der Waals surface area contributed by atoms with Crippen LogP contribution in [0.2, 0.25) is 0 Å². The number of fused-ring (bicyclic) bond motifs is 12. The van der Waals surface area contributed by atoms with Crippen molar-refractivity contribution >= 4 is 81.4 Å². The Bertz CT molecular complexity index is 789. The summed E-state index contributed by atoms with van der Waals surface area (Å²) in [5.41, 5.74) is 0. The van der Waals surface area contributed by atoms with E-state index < -0.39 is 61.8 Å². The van der Waals surface area contributed by atoms with Crippen molar-refractivity contribution in [3.63, 3.8) is 0 Å². The number of carbonyl (C=O) groups excluding carboxylic acids is 2. The van der Waals surface area contributed by atoms with Crippen LogP contribution in [0.3, 0.4) is 0 Å². The van der Waals surface area contributed by atoms with Gasteiger partial charge < -0.3 is 4.74 Å². The first-order chi connectivity index (χ1) is 12.6. The number of alkyl halides is 4. The Morgan fingerprint density at radius 3 is 1.85 bits per heavy atom. The van der Waals surface area contributed by atoms with Crippen LogP contribution in [0.5, 0.6) is 0 Å². The molecule has 2 amide bonds. The van der Waals surface area contributed by atoms with Crippen LogP contribution in [-0.2, 0) is 19.2 Å². The lowest BCUT2D eigenvalue weighted by Crippen LogP contribution is -2.50. The minimum Gasteiger partial charge on any atom is -0.373 e. The van der Waals surface area contributed by atoms with Crippen molar-refractivity contribution in [2.24, 2.45) is 23.7 Å². The number of amides is 2. The normalized spacial score (nSPS) is 51.4. The summed E-state index contributed by atoms with van der Waals surface area (Å²) >= 11 is 39.7. The number of hydrogen-bond donors (Lipinski definition) is 0. The Balaban J connectivity index is 1.62. The molecule has 146 valence electrons. The van der Waals surface area contributed by atoms with Crippen molar-refractivity contribution in [1.82, 2.24) is 5.06 Å². The Kier molecular flexibility index (Phi) is 3.92. The summed E-state index contributed by atoms with van der Waals surface area (Å²) in [6, 6.07) is 0. The number of carbonyl (C=O) groups is 2. The van der Waals surface area contributed by atoms with Crippen molar-refractivity contribution in [3.05, 3.63) is 22.7 Å². The van der Waals surface area contributed by atoms with Crippen molar-refractivity contribution in [3.8, 4) is 0 Å². The molecule has 3 saturated heterocycles. The van der Waals surface area contributed by atoms with Crippen LogP contribution in [0.25, 0.3) is 0 Å². The molecule has 8 atom stereocenters. The number of allylic oxidation sites excluding steroid dienone is 2. The predicted octanol–water partition coefficient (Wildman–Crippen LogP) is 3.56. The summed E-state index contributed by atoms with van der Waals surface area (Å²) in [7, 11) is 0. The van der Waals surface area contributed by atoms with Crippen LogP contribution in [0.1, 0.15) is 0 Å². The molecule has 0 N–H and O–H groups in total. The summed E-state index contributed by atoms with van der Waals surface area (Å²) in [5, 5.41) is 0.878. The average Bonchev–Trinajstić information content (AvgIpc) is 3.31. The number of halogens is 6. The third kappa shape index (κ3) is 1.74. The highest BCUT2D eigenvalue weighted by atomic mass is 35.5. The predicted molar refractivity (Wildman–Crippen MR) is 101 cm³/mol. The second-order valence-corrected chi connectivity index (χ2v) is 10.6. The van der Waals surface area contributed by atoms with Crippen molar-refractivity contribution in [2.45, 2.75) is 26.3 Å². The zero-order valence-electron chi connectivity index (χ0n) is 13.3. The first-order valence-electron chi connectivity index (χ1n) is 8.15. The highest BCUT2D eigenvalue weighted by Crippen LogP contribution is 2.81. The van der Waals surface area contributed by atoms with E-state index in [1.54, 1.807) is 0 Å². The maximum atomic E-state index is 12.8. The van der Waals surface area contributed by atoms with E-state index in [4.69, 9.17) is 79.2 Å². The zero-order chi connectivity index (χ0) is 19.7. The third-order valence-electron chi connectivity index (χ3n) is 6.46. The number of nitrogens with zero attached hydrogens (tertiary/aromatic N) is 1. The van der Waals surface area contributed by atoms with Gasteiger partial charge in [-0.3, -0.25) is 14.4 Å². The molecule has 0 aromatic heterocycles. The lowest BCUT2D eigenvalue weighted by atomic mass is 9.65. The minimum absolute atomic E-state index is 0.0184. The number of hydroxylamine groups is 2. The second kappa shape index (κ2) is 5.50. The maximum absolute atomic E-state index is 12.8. The number of rotatable bonds is 3. The van der Waals surface area contributed by atoms with Gasteiger partial charge in [0, 0.05) is 11.8 Å². The van der Waals surface area contributed by atoms with Gasteiger partial charge in [-0.15, -0.1) is 29.8 Å². The molecule has 1 saturated carbocycles. The van der Waals surface area contributed by atoms with Gasteiger partial charge in [0.15, 0.2) is 4.33 Å². The van der Waals surface area contributed by atoms with Gasteiger partial charge >= 0.3 is 0 Å². The molecule has 5 rings (SSSR count).